The molecule has 2 fully saturated rings. The van der Waals surface area contributed by atoms with Crippen molar-refractivity contribution < 1.29 is 0 Å². The maximum absolute atomic E-state index is 5.53. The zero-order valence-electron chi connectivity index (χ0n) is 9.95. The molecule has 1 aromatic rings. The zero-order chi connectivity index (χ0) is 11.7. The minimum absolute atomic E-state index is 0.295. The molecule has 5 heteroatoms. The normalized spacial score (nSPS) is 31.6. The van der Waals surface area contributed by atoms with E-state index in [0.29, 0.717) is 11.4 Å². The van der Waals surface area contributed by atoms with Crippen molar-refractivity contribution in [2.24, 2.45) is 5.92 Å². The first kappa shape index (κ1) is 10.9. The highest BCUT2D eigenvalue weighted by molar-refractivity contribution is 5.22. The average Bonchev–Trinajstić information content (AvgIpc) is 2.87. The van der Waals surface area contributed by atoms with Gasteiger partial charge in [-0.05, 0) is 25.3 Å². The highest BCUT2D eigenvalue weighted by atomic mass is 15.1. The van der Waals surface area contributed by atoms with Crippen molar-refractivity contribution >= 4 is 5.82 Å². The Labute approximate surface area is 101 Å². The number of hydrogen-bond donors (Lipinski definition) is 3. The lowest BCUT2D eigenvalue weighted by Gasteiger charge is -2.29. The topological polar surface area (TPSA) is 75.9 Å². The molecule has 5 nitrogen and oxygen atoms in total. The number of nitrogens with one attached hydrogen (secondary N) is 2. The molecule has 2 aliphatic rings. The summed E-state index contributed by atoms with van der Waals surface area (Å²) in [6.07, 6.45) is 7.33. The molecule has 92 valence electrons. The molecular weight excluding hydrogens is 214 g/mol. The molecule has 3 rings (SSSR count). The predicted molar refractivity (Wildman–Crippen MR) is 66.2 cm³/mol. The fraction of sp³-hybridized carbons (Fsp3) is 0.667. The number of fused-ring (bicyclic) bond motifs is 1. The Morgan fingerprint density at radius 2 is 2.41 bits per heavy atom. The van der Waals surface area contributed by atoms with Crippen LogP contribution in [0.25, 0.3) is 0 Å². The van der Waals surface area contributed by atoms with Crippen LogP contribution >= 0.6 is 0 Å². The van der Waals surface area contributed by atoms with Crippen molar-refractivity contribution in [1.29, 1.82) is 0 Å². The second-order valence-corrected chi connectivity index (χ2v) is 5.16. The first-order chi connectivity index (χ1) is 8.28. The number of nitrogen functional groups attached to an aromatic ring is 1. The second-order valence-electron chi connectivity index (χ2n) is 5.16. The van der Waals surface area contributed by atoms with Crippen molar-refractivity contribution in [1.82, 2.24) is 20.6 Å². The van der Waals surface area contributed by atoms with Gasteiger partial charge in [-0.3, -0.25) is 4.98 Å². The molecule has 1 saturated carbocycles. The fourth-order valence-electron chi connectivity index (χ4n) is 3.16. The summed E-state index contributed by atoms with van der Waals surface area (Å²) in [6.45, 7) is 3.02. The summed E-state index contributed by atoms with van der Waals surface area (Å²) in [5.41, 5.74) is 6.78. The maximum Gasteiger partial charge on any atom is 0.141 e. The van der Waals surface area contributed by atoms with Crippen molar-refractivity contribution in [3.8, 4) is 0 Å². The Morgan fingerprint density at radius 1 is 1.47 bits per heavy atom. The van der Waals surface area contributed by atoms with E-state index < -0.39 is 0 Å². The second kappa shape index (κ2) is 4.23. The molecule has 1 aliphatic carbocycles. The van der Waals surface area contributed by atoms with Crippen molar-refractivity contribution in [3.63, 3.8) is 0 Å². The fourth-order valence-corrected chi connectivity index (χ4v) is 3.16. The van der Waals surface area contributed by atoms with Crippen LogP contribution in [0.3, 0.4) is 0 Å². The van der Waals surface area contributed by atoms with Gasteiger partial charge >= 0.3 is 0 Å². The summed E-state index contributed by atoms with van der Waals surface area (Å²) in [6, 6.07) is 0. The number of aromatic nitrogens is 2. The first-order valence-electron chi connectivity index (χ1n) is 6.31. The summed E-state index contributed by atoms with van der Waals surface area (Å²) in [5.74, 6) is 1.26. The molecule has 1 aliphatic heterocycles. The van der Waals surface area contributed by atoms with Crippen LogP contribution in [0, 0.1) is 5.92 Å². The number of hydrogen-bond acceptors (Lipinski definition) is 5. The molecule has 1 aromatic heterocycles. The van der Waals surface area contributed by atoms with Crippen LogP contribution in [-0.4, -0.2) is 28.6 Å². The number of rotatable bonds is 3. The van der Waals surface area contributed by atoms with Gasteiger partial charge in [0.2, 0.25) is 0 Å². The average molecular weight is 233 g/mol. The third-order valence-electron chi connectivity index (χ3n) is 4.13. The molecule has 4 N–H and O–H groups in total. The number of nitrogens with zero attached hydrogens (tertiary/aromatic N) is 2. The number of nitrogens with two attached hydrogens (primary N) is 1. The lowest BCUT2D eigenvalue weighted by Crippen LogP contribution is -2.48. The molecule has 1 saturated heterocycles. The minimum Gasteiger partial charge on any atom is -0.382 e. The molecule has 2 heterocycles. The Morgan fingerprint density at radius 3 is 3.24 bits per heavy atom. The van der Waals surface area contributed by atoms with Gasteiger partial charge in [0.15, 0.2) is 0 Å². The van der Waals surface area contributed by atoms with Gasteiger partial charge in [-0.15, -0.1) is 0 Å². The van der Waals surface area contributed by atoms with Crippen LogP contribution in [-0.2, 0) is 6.54 Å². The SMILES string of the molecule is Nc1cnc(CN[C@]23CCC[C@H]2CNC3)cn1. The van der Waals surface area contributed by atoms with E-state index in [0.717, 1.165) is 31.2 Å². The summed E-state index contributed by atoms with van der Waals surface area (Å²) >= 11 is 0. The van der Waals surface area contributed by atoms with Gasteiger partial charge in [-0.2, -0.15) is 0 Å². The molecule has 0 unspecified atom stereocenters. The van der Waals surface area contributed by atoms with Crippen LogP contribution < -0.4 is 16.4 Å². The Hall–Kier alpha value is -1.20. The van der Waals surface area contributed by atoms with E-state index in [9.17, 15) is 0 Å². The van der Waals surface area contributed by atoms with Crippen LogP contribution in [0.15, 0.2) is 12.4 Å². The molecule has 0 radical (unpaired) electrons. The van der Waals surface area contributed by atoms with Gasteiger partial charge < -0.3 is 16.4 Å². The van der Waals surface area contributed by atoms with Crippen molar-refractivity contribution in [3.05, 3.63) is 18.1 Å². The van der Waals surface area contributed by atoms with Gasteiger partial charge in [0.1, 0.15) is 5.82 Å². The van der Waals surface area contributed by atoms with E-state index in [-0.39, 0.29) is 0 Å². The van der Waals surface area contributed by atoms with Gasteiger partial charge in [0.25, 0.3) is 0 Å². The molecule has 0 bridgehead atoms. The molecule has 2 atom stereocenters. The van der Waals surface area contributed by atoms with Crippen LogP contribution in [0.4, 0.5) is 5.82 Å². The molecule has 17 heavy (non-hydrogen) atoms. The first-order valence-corrected chi connectivity index (χ1v) is 6.31. The molecule has 0 aromatic carbocycles. The van der Waals surface area contributed by atoms with Gasteiger partial charge in [-0.25, -0.2) is 4.98 Å². The quantitative estimate of drug-likeness (QED) is 0.699. The minimum atomic E-state index is 0.295. The largest absolute Gasteiger partial charge is 0.382 e. The third-order valence-corrected chi connectivity index (χ3v) is 4.13. The van der Waals surface area contributed by atoms with Crippen LogP contribution in [0.2, 0.25) is 0 Å². The van der Waals surface area contributed by atoms with E-state index in [4.69, 9.17) is 5.73 Å². The van der Waals surface area contributed by atoms with E-state index in [1.54, 1.807) is 12.4 Å². The zero-order valence-corrected chi connectivity index (χ0v) is 9.95. The molecule has 0 amide bonds. The molecular formula is C12H19N5. The summed E-state index contributed by atoms with van der Waals surface area (Å²) in [5, 5.41) is 7.18. The van der Waals surface area contributed by atoms with Crippen molar-refractivity contribution in [2.75, 3.05) is 18.8 Å². The van der Waals surface area contributed by atoms with E-state index in [1.165, 1.54) is 19.3 Å². The lowest BCUT2D eigenvalue weighted by molar-refractivity contribution is 0.303. The van der Waals surface area contributed by atoms with Gasteiger partial charge in [0.05, 0.1) is 18.1 Å². The van der Waals surface area contributed by atoms with E-state index in [1.807, 2.05) is 0 Å². The summed E-state index contributed by atoms with van der Waals surface area (Å²) in [7, 11) is 0. The predicted octanol–water partition coefficient (Wildman–Crippen LogP) is 0.290. The highest BCUT2D eigenvalue weighted by Crippen LogP contribution is 2.38. The Kier molecular flexibility index (Phi) is 2.72. The highest BCUT2D eigenvalue weighted by Gasteiger charge is 2.45. The monoisotopic (exact) mass is 233 g/mol. The molecule has 0 spiro atoms. The van der Waals surface area contributed by atoms with Gasteiger partial charge in [0, 0.05) is 18.6 Å². The van der Waals surface area contributed by atoms with Crippen LogP contribution in [0.5, 0.6) is 0 Å². The maximum atomic E-state index is 5.53. The van der Waals surface area contributed by atoms with Crippen LogP contribution in [0.1, 0.15) is 25.0 Å². The Balaban J connectivity index is 1.65. The van der Waals surface area contributed by atoms with Gasteiger partial charge in [-0.1, -0.05) is 6.42 Å². The lowest BCUT2D eigenvalue weighted by atomic mass is 9.90. The summed E-state index contributed by atoms with van der Waals surface area (Å²) < 4.78 is 0. The third kappa shape index (κ3) is 2.00. The Bertz CT molecular complexity index is 378. The summed E-state index contributed by atoms with van der Waals surface area (Å²) in [4.78, 5) is 8.35. The number of anilines is 1. The smallest absolute Gasteiger partial charge is 0.141 e. The van der Waals surface area contributed by atoms with E-state index >= 15 is 0 Å². The van der Waals surface area contributed by atoms with Crippen molar-refractivity contribution in [2.45, 2.75) is 31.3 Å². The van der Waals surface area contributed by atoms with E-state index in [2.05, 4.69) is 20.6 Å². The standard InChI is InChI=1S/C12H19N5/c13-11-7-15-10(5-16-11)6-17-12-3-1-2-9(12)4-14-8-12/h5,7,9,14,17H,1-4,6,8H2,(H2,13,16)/t9-,12-/m0/s1.